The summed E-state index contributed by atoms with van der Waals surface area (Å²) in [6, 6.07) is 11.8. The van der Waals surface area contributed by atoms with Crippen LogP contribution in [0.15, 0.2) is 42.5 Å². The molecule has 0 aliphatic heterocycles. The van der Waals surface area contributed by atoms with Crippen LogP contribution in [0.4, 0.5) is 4.39 Å². The Bertz CT molecular complexity index is 752. The van der Waals surface area contributed by atoms with Gasteiger partial charge >= 0.3 is 0 Å². The third kappa shape index (κ3) is 2.09. The van der Waals surface area contributed by atoms with Gasteiger partial charge in [-0.1, -0.05) is 23.7 Å². The van der Waals surface area contributed by atoms with E-state index in [1.165, 1.54) is 12.1 Å². The van der Waals surface area contributed by atoms with Gasteiger partial charge in [-0.25, -0.2) is 9.37 Å². The lowest BCUT2D eigenvalue weighted by atomic mass is 10.2. The Balaban J connectivity index is 2.36. The van der Waals surface area contributed by atoms with Crippen molar-refractivity contribution in [1.29, 1.82) is 0 Å². The summed E-state index contributed by atoms with van der Waals surface area (Å²) in [5, 5.41) is 0.555. The first-order chi connectivity index (χ1) is 9.20. The number of alkyl halides is 1. The zero-order valence-corrected chi connectivity index (χ0v) is 11.3. The summed E-state index contributed by atoms with van der Waals surface area (Å²) in [6.45, 7) is 0. The second-order valence-electron chi connectivity index (χ2n) is 4.08. The summed E-state index contributed by atoms with van der Waals surface area (Å²) in [5.74, 6) is 0.555. The van der Waals surface area contributed by atoms with Gasteiger partial charge in [0.1, 0.15) is 17.2 Å². The Kier molecular flexibility index (Phi) is 3.17. The van der Waals surface area contributed by atoms with Gasteiger partial charge in [0.05, 0.1) is 22.1 Å². The fourth-order valence-electron chi connectivity index (χ4n) is 2.11. The lowest BCUT2D eigenvalue weighted by molar-refractivity contribution is 0.626. The number of rotatable bonds is 2. The molecule has 2 aromatic carbocycles. The molecule has 0 saturated carbocycles. The Labute approximate surface area is 119 Å². The molecule has 19 heavy (non-hydrogen) atoms. The van der Waals surface area contributed by atoms with Crippen LogP contribution in [0.25, 0.3) is 16.7 Å². The van der Waals surface area contributed by atoms with E-state index in [-0.39, 0.29) is 11.7 Å². The number of aromatic nitrogens is 2. The standard InChI is InChI=1S/C14H9Cl2FN2/c15-8-13-18-14-11(16)5-2-6-12(14)19(13)10-4-1-3-9(17)7-10/h1-7H,8H2. The molecule has 0 unspecified atom stereocenters. The van der Waals surface area contributed by atoms with E-state index in [0.717, 1.165) is 5.52 Å². The smallest absolute Gasteiger partial charge is 0.129 e. The minimum absolute atomic E-state index is 0.224. The highest BCUT2D eigenvalue weighted by Crippen LogP contribution is 2.27. The summed E-state index contributed by atoms with van der Waals surface area (Å²) < 4.78 is 15.2. The maximum absolute atomic E-state index is 13.4. The molecule has 2 nitrogen and oxygen atoms in total. The summed E-state index contributed by atoms with van der Waals surface area (Å²) in [5.41, 5.74) is 2.17. The van der Waals surface area contributed by atoms with Crippen LogP contribution in [0.1, 0.15) is 5.82 Å². The molecular weight excluding hydrogens is 286 g/mol. The third-order valence-corrected chi connectivity index (χ3v) is 3.44. The van der Waals surface area contributed by atoms with E-state index in [1.807, 2.05) is 16.7 Å². The van der Waals surface area contributed by atoms with Crippen molar-refractivity contribution in [2.45, 2.75) is 5.88 Å². The highest BCUT2D eigenvalue weighted by atomic mass is 35.5. The van der Waals surface area contributed by atoms with E-state index in [4.69, 9.17) is 23.2 Å². The molecule has 1 heterocycles. The molecule has 0 aliphatic carbocycles. The minimum atomic E-state index is -0.304. The van der Waals surface area contributed by atoms with Gasteiger partial charge < -0.3 is 0 Å². The van der Waals surface area contributed by atoms with Gasteiger partial charge in [-0.15, -0.1) is 11.6 Å². The van der Waals surface area contributed by atoms with Gasteiger partial charge in [0.25, 0.3) is 0 Å². The topological polar surface area (TPSA) is 17.8 Å². The molecule has 3 aromatic rings. The summed E-state index contributed by atoms with van der Waals surface area (Å²) in [6.07, 6.45) is 0. The van der Waals surface area contributed by atoms with E-state index < -0.39 is 0 Å². The molecule has 0 saturated heterocycles. The Morgan fingerprint density at radius 1 is 1.16 bits per heavy atom. The molecule has 0 fully saturated rings. The number of para-hydroxylation sites is 1. The Morgan fingerprint density at radius 2 is 1.95 bits per heavy atom. The van der Waals surface area contributed by atoms with Gasteiger partial charge in [0, 0.05) is 0 Å². The van der Waals surface area contributed by atoms with Crippen LogP contribution in [0.3, 0.4) is 0 Å². The number of fused-ring (bicyclic) bond motifs is 1. The molecule has 0 aliphatic rings. The van der Waals surface area contributed by atoms with Crippen molar-refractivity contribution < 1.29 is 4.39 Å². The molecule has 96 valence electrons. The highest BCUT2D eigenvalue weighted by Gasteiger charge is 2.13. The van der Waals surface area contributed by atoms with Gasteiger partial charge in [0.15, 0.2) is 0 Å². The average molecular weight is 295 g/mol. The first-order valence-electron chi connectivity index (χ1n) is 5.68. The SMILES string of the molecule is Fc1cccc(-n2c(CCl)nc3c(Cl)cccc32)c1. The van der Waals surface area contributed by atoms with Gasteiger partial charge in [-0.3, -0.25) is 4.57 Å². The molecule has 1 aromatic heterocycles. The number of imidazole rings is 1. The number of halogens is 3. The molecule has 5 heteroatoms. The molecule has 0 radical (unpaired) electrons. The summed E-state index contributed by atoms with van der Waals surface area (Å²) in [7, 11) is 0. The minimum Gasteiger partial charge on any atom is -0.295 e. The highest BCUT2D eigenvalue weighted by molar-refractivity contribution is 6.35. The predicted molar refractivity (Wildman–Crippen MR) is 75.6 cm³/mol. The van der Waals surface area contributed by atoms with Crippen LogP contribution < -0.4 is 0 Å². The lowest BCUT2D eigenvalue weighted by Crippen LogP contribution is -1.99. The quantitative estimate of drug-likeness (QED) is 0.634. The maximum Gasteiger partial charge on any atom is 0.129 e. The van der Waals surface area contributed by atoms with Gasteiger partial charge in [-0.2, -0.15) is 0 Å². The second kappa shape index (κ2) is 4.83. The predicted octanol–water partition coefficient (Wildman–Crippen LogP) is 4.56. The van der Waals surface area contributed by atoms with Crippen molar-refractivity contribution in [3.8, 4) is 5.69 Å². The van der Waals surface area contributed by atoms with Crippen LogP contribution >= 0.6 is 23.2 Å². The largest absolute Gasteiger partial charge is 0.295 e. The number of nitrogens with zero attached hydrogens (tertiary/aromatic N) is 2. The van der Waals surface area contributed by atoms with E-state index in [1.54, 1.807) is 18.2 Å². The zero-order chi connectivity index (χ0) is 13.4. The van der Waals surface area contributed by atoms with Crippen molar-refractivity contribution in [3.63, 3.8) is 0 Å². The van der Waals surface area contributed by atoms with Crippen molar-refractivity contribution in [3.05, 3.63) is 59.1 Å². The van der Waals surface area contributed by atoms with Crippen LogP contribution in [0.2, 0.25) is 5.02 Å². The lowest BCUT2D eigenvalue weighted by Gasteiger charge is -2.07. The molecule has 3 rings (SSSR count). The number of benzene rings is 2. The third-order valence-electron chi connectivity index (χ3n) is 2.89. The average Bonchev–Trinajstić information content (AvgIpc) is 2.78. The van der Waals surface area contributed by atoms with Crippen LogP contribution in [0, 0.1) is 5.82 Å². The Hall–Kier alpha value is -1.58. The molecule has 0 amide bonds. The van der Waals surface area contributed by atoms with Crippen molar-refractivity contribution in [2.24, 2.45) is 0 Å². The van der Waals surface area contributed by atoms with Gasteiger partial charge in [-0.05, 0) is 30.3 Å². The molecule has 0 bridgehead atoms. The zero-order valence-electron chi connectivity index (χ0n) is 9.78. The van der Waals surface area contributed by atoms with Crippen LogP contribution in [-0.4, -0.2) is 9.55 Å². The van der Waals surface area contributed by atoms with Crippen molar-refractivity contribution >= 4 is 34.2 Å². The van der Waals surface area contributed by atoms with Crippen molar-refractivity contribution in [1.82, 2.24) is 9.55 Å². The molecule has 0 spiro atoms. The summed E-state index contributed by atoms with van der Waals surface area (Å²) >= 11 is 12.1. The van der Waals surface area contributed by atoms with Gasteiger partial charge in [0.2, 0.25) is 0 Å². The number of hydrogen-bond donors (Lipinski definition) is 0. The fraction of sp³-hybridized carbons (Fsp3) is 0.0714. The first-order valence-corrected chi connectivity index (χ1v) is 6.59. The molecule has 0 atom stereocenters. The molecule has 0 N–H and O–H groups in total. The van der Waals surface area contributed by atoms with E-state index in [0.29, 0.717) is 22.1 Å². The van der Waals surface area contributed by atoms with E-state index in [9.17, 15) is 4.39 Å². The monoisotopic (exact) mass is 294 g/mol. The normalized spacial score (nSPS) is 11.1. The van der Waals surface area contributed by atoms with E-state index in [2.05, 4.69) is 4.98 Å². The van der Waals surface area contributed by atoms with Crippen LogP contribution in [0.5, 0.6) is 0 Å². The second-order valence-corrected chi connectivity index (χ2v) is 4.76. The fourth-order valence-corrected chi connectivity index (χ4v) is 2.50. The first kappa shape index (κ1) is 12.5. The number of hydrogen-bond acceptors (Lipinski definition) is 1. The van der Waals surface area contributed by atoms with E-state index >= 15 is 0 Å². The summed E-state index contributed by atoms with van der Waals surface area (Å²) in [4.78, 5) is 4.41. The van der Waals surface area contributed by atoms with Crippen molar-refractivity contribution in [2.75, 3.05) is 0 Å². The van der Waals surface area contributed by atoms with Crippen LogP contribution in [-0.2, 0) is 5.88 Å². The maximum atomic E-state index is 13.4. The molecular formula is C14H9Cl2FN2. The Morgan fingerprint density at radius 3 is 2.68 bits per heavy atom.